The molecule has 0 fully saturated rings. The molecule has 2 atom stereocenters. The number of hydrogen-bond donors (Lipinski definition) is 1. The van der Waals surface area contributed by atoms with Crippen molar-refractivity contribution in [2.24, 2.45) is 5.14 Å². The molecule has 2 N–H and O–H groups in total. The number of nitrogens with two attached hydrogens (primary N) is 1. The molecule has 4 nitrogen and oxygen atoms in total. The molecule has 1 aromatic carbocycles. The van der Waals surface area contributed by atoms with Gasteiger partial charge in [0.05, 0.1) is 0 Å². The van der Waals surface area contributed by atoms with E-state index in [4.69, 9.17) is 9.32 Å². The van der Waals surface area contributed by atoms with Crippen molar-refractivity contribution in [3.63, 3.8) is 0 Å². The smallest absolute Gasteiger partial charge is 0.285 e. The highest BCUT2D eigenvalue weighted by atomic mass is 32.2. The Morgan fingerprint density at radius 1 is 1.47 bits per heavy atom. The van der Waals surface area contributed by atoms with E-state index in [2.05, 4.69) is 25.1 Å². The predicted octanol–water partition coefficient (Wildman–Crippen LogP) is 1.02. The molecule has 0 heterocycles. The molecule has 0 saturated heterocycles. The van der Waals surface area contributed by atoms with Gasteiger partial charge in [-0.3, -0.25) is 0 Å². The first-order valence-electron chi connectivity index (χ1n) is 5.69. The van der Waals surface area contributed by atoms with Gasteiger partial charge in [-0.05, 0) is 45.0 Å². The summed E-state index contributed by atoms with van der Waals surface area (Å²) in [7, 11) is 4.17. The molecule has 17 heavy (non-hydrogen) atoms. The second-order valence-electron chi connectivity index (χ2n) is 4.60. The van der Waals surface area contributed by atoms with Crippen LogP contribution in [0.1, 0.15) is 17.5 Å². The molecule has 0 aliphatic heterocycles. The van der Waals surface area contributed by atoms with E-state index in [0.29, 0.717) is 11.8 Å². The van der Waals surface area contributed by atoms with Crippen LogP contribution >= 0.6 is 0 Å². The zero-order chi connectivity index (χ0) is 12.4. The lowest BCUT2D eigenvalue weighted by molar-refractivity contribution is 0.267. The van der Waals surface area contributed by atoms with E-state index in [-0.39, 0.29) is 0 Å². The van der Waals surface area contributed by atoms with Crippen LogP contribution < -0.4 is 9.32 Å². The first-order valence-corrected chi connectivity index (χ1v) is 6.83. The van der Waals surface area contributed by atoms with Crippen LogP contribution in [0, 0.1) is 0 Å². The van der Waals surface area contributed by atoms with Crippen molar-refractivity contribution < 1.29 is 8.39 Å². The van der Waals surface area contributed by atoms with Crippen LogP contribution in [-0.4, -0.2) is 29.2 Å². The molecule has 0 radical (unpaired) electrons. The molecular weight excluding hydrogens is 236 g/mol. The van der Waals surface area contributed by atoms with Gasteiger partial charge in [-0.1, -0.05) is 12.1 Å². The van der Waals surface area contributed by atoms with Crippen LogP contribution in [0.3, 0.4) is 0 Å². The van der Waals surface area contributed by atoms with Gasteiger partial charge in [0.2, 0.25) is 0 Å². The van der Waals surface area contributed by atoms with E-state index in [1.165, 1.54) is 5.56 Å². The zero-order valence-corrected chi connectivity index (χ0v) is 11.0. The summed E-state index contributed by atoms with van der Waals surface area (Å²) in [5, 5.41) is 5.19. The molecule has 1 aromatic rings. The van der Waals surface area contributed by atoms with Crippen LogP contribution in [0.4, 0.5) is 0 Å². The number of nitrogens with zero attached hydrogens (tertiary/aromatic N) is 1. The van der Waals surface area contributed by atoms with Crippen molar-refractivity contribution in [2.75, 3.05) is 14.1 Å². The lowest BCUT2D eigenvalue weighted by Gasteiger charge is -2.30. The number of hydrogen-bond acceptors (Lipinski definition) is 3. The SMILES string of the molecule is CN(C)C1CCc2cccc(OS(N)=O)c2C1. The fourth-order valence-corrected chi connectivity index (χ4v) is 2.68. The first kappa shape index (κ1) is 12.5. The van der Waals surface area contributed by atoms with Crippen molar-refractivity contribution >= 4 is 11.3 Å². The third-order valence-electron chi connectivity index (χ3n) is 3.32. The van der Waals surface area contributed by atoms with Gasteiger partial charge in [-0.2, -0.15) is 4.21 Å². The predicted molar refractivity (Wildman–Crippen MR) is 68.9 cm³/mol. The molecule has 0 amide bonds. The monoisotopic (exact) mass is 254 g/mol. The second-order valence-corrected chi connectivity index (χ2v) is 5.29. The number of likely N-dealkylation sites (N-methyl/N-ethyl adjacent to an activating group) is 1. The number of fused-ring (bicyclic) bond motifs is 1. The van der Waals surface area contributed by atoms with Crippen molar-refractivity contribution in [3.8, 4) is 5.75 Å². The van der Waals surface area contributed by atoms with E-state index < -0.39 is 11.3 Å². The van der Waals surface area contributed by atoms with Gasteiger partial charge in [0, 0.05) is 11.6 Å². The third-order valence-corrected chi connectivity index (χ3v) is 3.66. The van der Waals surface area contributed by atoms with E-state index in [0.717, 1.165) is 24.8 Å². The summed E-state index contributed by atoms with van der Waals surface area (Å²) in [5.41, 5.74) is 2.43. The Hall–Kier alpha value is -0.910. The summed E-state index contributed by atoms with van der Waals surface area (Å²) in [5.74, 6) is 0.662. The molecule has 94 valence electrons. The highest BCUT2D eigenvalue weighted by Crippen LogP contribution is 2.31. The number of benzene rings is 1. The molecule has 0 saturated carbocycles. The topological polar surface area (TPSA) is 55.6 Å². The fourth-order valence-electron chi connectivity index (χ4n) is 2.34. The highest BCUT2D eigenvalue weighted by molar-refractivity contribution is 7.78. The summed E-state index contributed by atoms with van der Waals surface area (Å²) < 4.78 is 16.1. The lowest BCUT2D eigenvalue weighted by atomic mass is 9.87. The van der Waals surface area contributed by atoms with Crippen molar-refractivity contribution in [1.29, 1.82) is 0 Å². The molecule has 2 rings (SSSR count). The minimum atomic E-state index is -1.75. The second kappa shape index (κ2) is 5.16. The maximum absolute atomic E-state index is 11.0. The summed E-state index contributed by atoms with van der Waals surface area (Å²) >= 11 is -1.75. The number of rotatable bonds is 3. The van der Waals surface area contributed by atoms with E-state index >= 15 is 0 Å². The third kappa shape index (κ3) is 2.86. The standard InChI is InChI=1S/C12H18N2O2S/c1-14(2)10-7-6-9-4-3-5-12(11(9)8-10)16-17(13)15/h3-5,10H,6-8,13H2,1-2H3. The van der Waals surface area contributed by atoms with Gasteiger partial charge in [0.25, 0.3) is 11.3 Å². The van der Waals surface area contributed by atoms with Crippen LogP contribution in [0.5, 0.6) is 5.75 Å². The van der Waals surface area contributed by atoms with Crippen LogP contribution in [0.2, 0.25) is 0 Å². The van der Waals surface area contributed by atoms with Crippen molar-refractivity contribution in [2.45, 2.75) is 25.3 Å². The summed E-state index contributed by atoms with van der Waals surface area (Å²) in [6.45, 7) is 0. The molecule has 1 aliphatic rings. The van der Waals surface area contributed by atoms with Crippen LogP contribution in [0.25, 0.3) is 0 Å². The van der Waals surface area contributed by atoms with Gasteiger partial charge in [-0.15, -0.1) is 0 Å². The normalized spacial score (nSPS) is 21.1. The minimum Gasteiger partial charge on any atom is -0.389 e. The Bertz CT molecular complexity index is 435. The molecule has 0 bridgehead atoms. The molecule has 0 spiro atoms. The van der Waals surface area contributed by atoms with Crippen molar-refractivity contribution in [3.05, 3.63) is 29.3 Å². The Morgan fingerprint density at radius 2 is 2.24 bits per heavy atom. The van der Waals surface area contributed by atoms with E-state index in [1.54, 1.807) is 0 Å². The molecular formula is C12H18N2O2S. The van der Waals surface area contributed by atoms with Gasteiger partial charge >= 0.3 is 0 Å². The Morgan fingerprint density at radius 3 is 2.88 bits per heavy atom. The fraction of sp³-hybridized carbons (Fsp3) is 0.500. The Labute approximate surface area is 105 Å². The minimum absolute atomic E-state index is 0.512. The molecule has 1 aliphatic carbocycles. The molecule has 2 unspecified atom stereocenters. The van der Waals surface area contributed by atoms with Gasteiger partial charge < -0.3 is 9.08 Å². The van der Waals surface area contributed by atoms with E-state index in [1.807, 2.05) is 12.1 Å². The van der Waals surface area contributed by atoms with Crippen LogP contribution in [-0.2, 0) is 24.1 Å². The first-order chi connectivity index (χ1) is 8.08. The highest BCUT2D eigenvalue weighted by Gasteiger charge is 2.23. The Kier molecular flexibility index (Phi) is 3.81. The van der Waals surface area contributed by atoms with E-state index in [9.17, 15) is 4.21 Å². The van der Waals surface area contributed by atoms with Gasteiger partial charge in [0.1, 0.15) is 5.75 Å². The quantitative estimate of drug-likeness (QED) is 0.876. The maximum atomic E-state index is 11.0. The van der Waals surface area contributed by atoms with Crippen LogP contribution in [0.15, 0.2) is 18.2 Å². The van der Waals surface area contributed by atoms with Gasteiger partial charge in [0.15, 0.2) is 0 Å². The number of aryl methyl sites for hydroxylation is 1. The average molecular weight is 254 g/mol. The lowest BCUT2D eigenvalue weighted by Crippen LogP contribution is -2.33. The van der Waals surface area contributed by atoms with Crippen molar-refractivity contribution in [1.82, 2.24) is 4.90 Å². The zero-order valence-electron chi connectivity index (χ0n) is 10.2. The Balaban J connectivity index is 2.29. The maximum Gasteiger partial charge on any atom is 0.285 e. The summed E-state index contributed by atoms with van der Waals surface area (Å²) in [6, 6.07) is 6.38. The summed E-state index contributed by atoms with van der Waals surface area (Å²) in [6.07, 6.45) is 3.11. The largest absolute Gasteiger partial charge is 0.389 e. The average Bonchev–Trinajstić information content (AvgIpc) is 2.28. The molecule has 5 heteroatoms. The molecule has 0 aromatic heterocycles. The summed E-state index contributed by atoms with van der Waals surface area (Å²) in [4.78, 5) is 2.22. The van der Waals surface area contributed by atoms with Gasteiger partial charge in [-0.25, -0.2) is 5.14 Å².